The standard InChI is InChI=1S/C28H26N2O3S2/c1-19-15-20(2)17-23(16-19)30-35(32,33)27-18-22(14-13-21(27)3)28(31)29-25-11-7-8-12-26(25)34-24-9-5-4-6-10-24/h4-18,30H,1-3H3,(H,29,31). The van der Waals surface area contributed by atoms with Gasteiger partial charge in [-0.05, 0) is 86.0 Å². The molecule has 0 fully saturated rings. The van der Waals surface area contributed by atoms with Crippen molar-refractivity contribution in [1.29, 1.82) is 0 Å². The quantitative estimate of drug-likeness (QED) is 0.291. The largest absolute Gasteiger partial charge is 0.321 e. The molecule has 4 aromatic carbocycles. The Balaban J connectivity index is 1.59. The number of carbonyl (C=O) groups is 1. The van der Waals surface area contributed by atoms with Crippen molar-refractivity contribution >= 4 is 39.1 Å². The maximum absolute atomic E-state index is 13.2. The highest BCUT2D eigenvalue weighted by Crippen LogP contribution is 2.33. The van der Waals surface area contributed by atoms with Crippen LogP contribution in [-0.2, 0) is 10.0 Å². The lowest BCUT2D eigenvalue weighted by Gasteiger charge is -2.14. The van der Waals surface area contributed by atoms with Crippen molar-refractivity contribution in [3.8, 4) is 0 Å². The van der Waals surface area contributed by atoms with Gasteiger partial charge in [0.2, 0.25) is 0 Å². The zero-order valence-electron chi connectivity index (χ0n) is 19.7. The normalized spacial score (nSPS) is 11.2. The van der Waals surface area contributed by atoms with Crippen molar-refractivity contribution in [2.45, 2.75) is 35.5 Å². The van der Waals surface area contributed by atoms with Crippen molar-refractivity contribution in [3.05, 3.63) is 113 Å². The predicted molar refractivity (Wildman–Crippen MR) is 143 cm³/mol. The van der Waals surface area contributed by atoms with Gasteiger partial charge in [-0.1, -0.05) is 54.2 Å². The van der Waals surface area contributed by atoms with E-state index in [2.05, 4.69) is 10.0 Å². The third kappa shape index (κ3) is 6.12. The second-order valence-corrected chi connectivity index (χ2v) is 11.1. The number of para-hydroxylation sites is 1. The van der Waals surface area contributed by atoms with Crippen LogP contribution in [0.2, 0.25) is 0 Å². The van der Waals surface area contributed by atoms with E-state index in [-0.39, 0.29) is 16.4 Å². The molecule has 0 aliphatic carbocycles. The first-order chi connectivity index (χ1) is 16.7. The fraction of sp³-hybridized carbons (Fsp3) is 0.107. The smallest absolute Gasteiger partial charge is 0.262 e. The Labute approximate surface area is 210 Å². The van der Waals surface area contributed by atoms with E-state index < -0.39 is 10.0 Å². The van der Waals surface area contributed by atoms with Gasteiger partial charge in [0.25, 0.3) is 15.9 Å². The first-order valence-corrected chi connectivity index (χ1v) is 13.4. The van der Waals surface area contributed by atoms with Gasteiger partial charge in [-0.25, -0.2) is 8.42 Å². The van der Waals surface area contributed by atoms with Gasteiger partial charge in [0.1, 0.15) is 0 Å². The minimum Gasteiger partial charge on any atom is -0.321 e. The number of rotatable bonds is 7. The summed E-state index contributed by atoms with van der Waals surface area (Å²) < 4.78 is 29.0. The summed E-state index contributed by atoms with van der Waals surface area (Å²) in [5.74, 6) is -0.381. The molecule has 35 heavy (non-hydrogen) atoms. The number of carbonyl (C=O) groups excluding carboxylic acids is 1. The number of hydrogen-bond donors (Lipinski definition) is 2. The van der Waals surface area contributed by atoms with Crippen molar-refractivity contribution in [3.63, 3.8) is 0 Å². The molecule has 0 bridgehead atoms. The van der Waals surface area contributed by atoms with Crippen LogP contribution < -0.4 is 10.0 Å². The zero-order chi connectivity index (χ0) is 25.0. The Bertz CT molecular complexity index is 1460. The lowest BCUT2D eigenvalue weighted by Crippen LogP contribution is -2.17. The summed E-state index contributed by atoms with van der Waals surface area (Å²) in [4.78, 5) is 15.1. The van der Waals surface area contributed by atoms with Crippen LogP contribution in [0.5, 0.6) is 0 Å². The first-order valence-electron chi connectivity index (χ1n) is 11.1. The van der Waals surface area contributed by atoms with Crippen LogP contribution in [0.3, 0.4) is 0 Å². The van der Waals surface area contributed by atoms with E-state index in [1.807, 2.05) is 74.5 Å². The molecule has 4 aromatic rings. The summed E-state index contributed by atoms with van der Waals surface area (Å²) in [6, 6.07) is 27.6. The molecule has 4 rings (SSSR count). The third-order valence-corrected chi connectivity index (χ3v) is 7.93. The topological polar surface area (TPSA) is 75.3 Å². The van der Waals surface area contributed by atoms with Crippen LogP contribution in [-0.4, -0.2) is 14.3 Å². The highest BCUT2D eigenvalue weighted by Gasteiger charge is 2.20. The van der Waals surface area contributed by atoms with Crippen LogP contribution >= 0.6 is 11.8 Å². The summed E-state index contributed by atoms with van der Waals surface area (Å²) in [6.45, 7) is 5.54. The van der Waals surface area contributed by atoms with Gasteiger partial charge >= 0.3 is 0 Å². The second-order valence-electron chi connectivity index (χ2n) is 8.33. The van der Waals surface area contributed by atoms with E-state index in [4.69, 9.17) is 0 Å². The second kappa shape index (κ2) is 10.4. The van der Waals surface area contributed by atoms with Crippen LogP contribution in [0.4, 0.5) is 11.4 Å². The van der Waals surface area contributed by atoms with Gasteiger partial charge < -0.3 is 5.32 Å². The summed E-state index contributed by atoms with van der Waals surface area (Å²) in [6.07, 6.45) is 0. The molecular weight excluding hydrogens is 476 g/mol. The maximum atomic E-state index is 13.2. The number of benzene rings is 4. The number of hydrogen-bond acceptors (Lipinski definition) is 4. The molecule has 0 aromatic heterocycles. The maximum Gasteiger partial charge on any atom is 0.262 e. The van der Waals surface area contributed by atoms with Gasteiger partial charge in [-0.15, -0.1) is 0 Å². The molecule has 0 atom stereocenters. The predicted octanol–water partition coefficient (Wildman–Crippen LogP) is 6.82. The molecule has 0 spiro atoms. The molecule has 0 heterocycles. The fourth-order valence-electron chi connectivity index (χ4n) is 3.74. The van der Waals surface area contributed by atoms with E-state index in [0.29, 0.717) is 16.9 Å². The average molecular weight is 503 g/mol. The SMILES string of the molecule is Cc1cc(C)cc(NS(=O)(=O)c2cc(C(=O)Nc3ccccc3Sc3ccccc3)ccc2C)c1. The van der Waals surface area contributed by atoms with Gasteiger partial charge in [0.15, 0.2) is 0 Å². The van der Waals surface area contributed by atoms with Crippen molar-refractivity contribution in [2.24, 2.45) is 0 Å². The van der Waals surface area contributed by atoms with E-state index in [0.717, 1.165) is 20.9 Å². The third-order valence-electron chi connectivity index (χ3n) is 5.32. The molecule has 0 aliphatic rings. The van der Waals surface area contributed by atoms with Crippen molar-refractivity contribution in [1.82, 2.24) is 0 Å². The van der Waals surface area contributed by atoms with Gasteiger partial charge in [0, 0.05) is 21.0 Å². The highest BCUT2D eigenvalue weighted by molar-refractivity contribution is 7.99. The lowest BCUT2D eigenvalue weighted by atomic mass is 10.1. The monoisotopic (exact) mass is 502 g/mol. The Morgan fingerprint density at radius 3 is 2.14 bits per heavy atom. The van der Waals surface area contributed by atoms with E-state index in [1.54, 1.807) is 43.0 Å². The molecule has 2 N–H and O–H groups in total. The molecule has 0 aliphatic heterocycles. The summed E-state index contributed by atoms with van der Waals surface area (Å²) in [5.41, 5.74) is 3.88. The fourth-order valence-corrected chi connectivity index (χ4v) is 5.98. The van der Waals surface area contributed by atoms with Crippen molar-refractivity contribution < 1.29 is 13.2 Å². The van der Waals surface area contributed by atoms with E-state index >= 15 is 0 Å². The van der Waals surface area contributed by atoms with Crippen LogP contribution in [0.1, 0.15) is 27.0 Å². The van der Waals surface area contributed by atoms with Crippen molar-refractivity contribution in [2.75, 3.05) is 10.0 Å². The lowest BCUT2D eigenvalue weighted by molar-refractivity contribution is 0.102. The first kappa shape index (κ1) is 24.6. The molecule has 5 nitrogen and oxygen atoms in total. The average Bonchev–Trinajstić information content (AvgIpc) is 2.80. The summed E-state index contributed by atoms with van der Waals surface area (Å²) >= 11 is 1.54. The minimum atomic E-state index is -3.89. The minimum absolute atomic E-state index is 0.0660. The summed E-state index contributed by atoms with van der Waals surface area (Å²) in [7, 11) is -3.89. The Kier molecular flexibility index (Phi) is 7.28. The van der Waals surface area contributed by atoms with Gasteiger partial charge in [0.05, 0.1) is 10.6 Å². The molecular formula is C28H26N2O3S2. The van der Waals surface area contributed by atoms with Crippen LogP contribution in [0.25, 0.3) is 0 Å². The number of aryl methyl sites for hydroxylation is 3. The number of amides is 1. The number of anilines is 2. The molecule has 0 unspecified atom stereocenters. The van der Waals surface area contributed by atoms with E-state index in [9.17, 15) is 13.2 Å². The molecule has 1 amide bonds. The van der Waals surface area contributed by atoms with Gasteiger partial charge in [-0.3, -0.25) is 9.52 Å². The van der Waals surface area contributed by atoms with Gasteiger partial charge in [-0.2, -0.15) is 0 Å². The molecule has 0 radical (unpaired) electrons. The van der Waals surface area contributed by atoms with E-state index in [1.165, 1.54) is 6.07 Å². The Hall–Kier alpha value is -3.55. The summed E-state index contributed by atoms with van der Waals surface area (Å²) in [5, 5.41) is 2.93. The molecule has 7 heteroatoms. The molecule has 0 saturated heterocycles. The Morgan fingerprint density at radius 1 is 0.771 bits per heavy atom. The number of sulfonamides is 1. The van der Waals surface area contributed by atoms with Crippen LogP contribution in [0.15, 0.2) is 106 Å². The zero-order valence-corrected chi connectivity index (χ0v) is 21.3. The molecule has 178 valence electrons. The molecule has 0 saturated carbocycles. The van der Waals surface area contributed by atoms with Crippen LogP contribution in [0, 0.1) is 20.8 Å². The number of nitrogens with one attached hydrogen (secondary N) is 2. The highest BCUT2D eigenvalue weighted by atomic mass is 32.2. The Morgan fingerprint density at radius 2 is 1.43 bits per heavy atom.